The van der Waals surface area contributed by atoms with Crippen LogP contribution in [0.25, 0.3) is 0 Å². The highest BCUT2D eigenvalue weighted by atomic mass is 16.5. The summed E-state index contributed by atoms with van der Waals surface area (Å²) in [6.07, 6.45) is 3.23. The Morgan fingerprint density at radius 1 is 1.42 bits per heavy atom. The third kappa shape index (κ3) is 5.12. The van der Waals surface area contributed by atoms with Crippen molar-refractivity contribution in [2.24, 2.45) is 13.0 Å². The molecule has 0 radical (unpaired) electrons. The van der Waals surface area contributed by atoms with Gasteiger partial charge in [0.2, 0.25) is 11.8 Å². The number of rotatable bonds is 9. The predicted octanol–water partition coefficient (Wildman–Crippen LogP) is 1.46. The summed E-state index contributed by atoms with van der Waals surface area (Å²) >= 11 is 0. The normalized spacial score (nSPS) is 13.8. The molecule has 26 heavy (non-hydrogen) atoms. The van der Waals surface area contributed by atoms with E-state index >= 15 is 0 Å². The molecule has 2 rings (SSSR count). The van der Waals surface area contributed by atoms with E-state index in [2.05, 4.69) is 34.4 Å². The van der Waals surface area contributed by atoms with E-state index in [1.807, 2.05) is 20.2 Å². The molecule has 0 bridgehead atoms. The summed E-state index contributed by atoms with van der Waals surface area (Å²) in [5.74, 6) is 1.18. The Balaban J connectivity index is 1.98. The second-order valence-corrected chi connectivity index (χ2v) is 6.78. The van der Waals surface area contributed by atoms with Crippen LogP contribution >= 0.6 is 0 Å². The zero-order valence-electron chi connectivity index (χ0n) is 16.3. The van der Waals surface area contributed by atoms with E-state index in [0.717, 1.165) is 5.56 Å². The number of carbonyl (C=O) groups is 1. The van der Waals surface area contributed by atoms with E-state index in [0.29, 0.717) is 24.2 Å². The molecule has 2 heterocycles. The van der Waals surface area contributed by atoms with Crippen molar-refractivity contribution >= 4 is 5.91 Å². The first kappa shape index (κ1) is 20.1. The highest BCUT2D eigenvalue weighted by Gasteiger charge is 2.25. The van der Waals surface area contributed by atoms with Crippen molar-refractivity contribution in [3.8, 4) is 0 Å². The molecule has 0 aliphatic heterocycles. The van der Waals surface area contributed by atoms with Gasteiger partial charge in [0.05, 0.1) is 12.7 Å². The van der Waals surface area contributed by atoms with Crippen molar-refractivity contribution < 1.29 is 14.1 Å². The molecule has 9 heteroatoms. The number of carbonyl (C=O) groups excluding carboxylic acids is 1. The van der Waals surface area contributed by atoms with Gasteiger partial charge in [0.1, 0.15) is 12.1 Å². The van der Waals surface area contributed by atoms with Gasteiger partial charge >= 0.3 is 0 Å². The predicted molar refractivity (Wildman–Crippen MR) is 95.0 cm³/mol. The molecule has 0 saturated heterocycles. The van der Waals surface area contributed by atoms with Crippen LogP contribution in [0.4, 0.5) is 0 Å². The third-order valence-electron chi connectivity index (χ3n) is 3.87. The summed E-state index contributed by atoms with van der Waals surface area (Å²) in [5.41, 5.74) is 0.800. The van der Waals surface area contributed by atoms with E-state index in [9.17, 15) is 4.79 Å². The topological polar surface area (TPSA) is 98.3 Å². The fraction of sp³-hybridized carbons (Fsp3) is 0.647. The SMILES string of the molecule is CNC(C(=O)N(C)Cc1nc(C(C)OCC(C)C)no1)c1cnn(C)c1. The lowest BCUT2D eigenvalue weighted by Gasteiger charge is -2.21. The number of nitrogens with zero attached hydrogens (tertiary/aromatic N) is 5. The molecular weight excluding hydrogens is 336 g/mol. The average molecular weight is 364 g/mol. The summed E-state index contributed by atoms with van der Waals surface area (Å²) < 4.78 is 12.6. The highest BCUT2D eigenvalue weighted by molar-refractivity contribution is 5.82. The smallest absolute Gasteiger partial charge is 0.246 e. The molecule has 2 aromatic rings. The van der Waals surface area contributed by atoms with Gasteiger partial charge in [-0.25, -0.2) is 0 Å². The van der Waals surface area contributed by atoms with Gasteiger partial charge in [-0.3, -0.25) is 9.48 Å². The van der Waals surface area contributed by atoms with Gasteiger partial charge in [0.25, 0.3) is 0 Å². The number of ether oxygens (including phenoxy) is 1. The van der Waals surface area contributed by atoms with Gasteiger partial charge < -0.3 is 19.5 Å². The largest absolute Gasteiger partial charge is 0.370 e. The Hall–Kier alpha value is -2.26. The number of hydrogen-bond donors (Lipinski definition) is 1. The lowest BCUT2D eigenvalue weighted by molar-refractivity contribution is -0.133. The minimum absolute atomic E-state index is 0.107. The Kier molecular flexibility index (Phi) is 6.87. The van der Waals surface area contributed by atoms with Crippen LogP contribution < -0.4 is 5.32 Å². The van der Waals surface area contributed by atoms with E-state index in [4.69, 9.17) is 9.26 Å². The Bertz CT molecular complexity index is 711. The number of nitrogens with one attached hydrogen (secondary N) is 1. The van der Waals surface area contributed by atoms with Crippen molar-refractivity contribution in [3.63, 3.8) is 0 Å². The summed E-state index contributed by atoms with van der Waals surface area (Å²) in [6, 6.07) is -0.482. The standard InChI is InChI=1S/C17H28N6O3/c1-11(2)10-25-12(3)16-20-14(26-21-16)9-22(5)17(24)15(18-4)13-7-19-23(6)8-13/h7-8,11-12,15,18H,9-10H2,1-6H3. The number of aromatic nitrogens is 4. The maximum absolute atomic E-state index is 12.7. The maximum Gasteiger partial charge on any atom is 0.246 e. The van der Waals surface area contributed by atoms with Crippen molar-refractivity contribution in [1.82, 2.24) is 30.1 Å². The van der Waals surface area contributed by atoms with Gasteiger partial charge in [0, 0.05) is 32.5 Å². The molecular formula is C17H28N6O3. The lowest BCUT2D eigenvalue weighted by Crippen LogP contribution is -2.37. The van der Waals surface area contributed by atoms with Crippen LogP contribution in [0.5, 0.6) is 0 Å². The molecule has 0 fully saturated rings. The van der Waals surface area contributed by atoms with Crippen molar-refractivity contribution in [1.29, 1.82) is 0 Å². The number of likely N-dealkylation sites (N-methyl/N-ethyl adjacent to an activating group) is 2. The molecule has 2 aromatic heterocycles. The van der Waals surface area contributed by atoms with Crippen LogP contribution in [0, 0.1) is 5.92 Å². The maximum atomic E-state index is 12.7. The quantitative estimate of drug-likeness (QED) is 0.719. The van der Waals surface area contributed by atoms with Crippen LogP contribution in [0.1, 0.15) is 50.2 Å². The van der Waals surface area contributed by atoms with E-state index in [1.165, 1.54) is 0 Å². The number of amides is 1. The zero-order valence-corrected chi connectivity index (χ0v) is 16.3. The summed E-state index contributed by atoms with van der Waals surface area (Å²) in [5, 5.41) is 11.1. The van der Waals surface area contributed by atoms with Crippen molar-refractivity contribution in [2.75, 3.05) is 20.7 Å². The van der Waals surface area contributed by atoms with Crippen LogP contribution in [0.15, 0.2) is 16.9 Å². The molecule has 1 amide bonds. The van der Waals surface area contributed by atoms with Crippen LogP contribution in [0.2, 0.25) is 0 Å². The van der Waals surface area contributed by atoms with E-state index in [1.54, 1.807) is 29.9 Å². The molecule has 0 aliphatic rings. The minimum Gasteiger partial charge on any atom is -0.370 e. The van der Waals surface area contributed by atoms with Crippen molar-refractivity contribution in [2.45, 2.75) is 39.5 Å². The second kappa shape index (κ2) is 8.91. The molecule has 0 saturated carbocycles. The number of hydrogen-bond acceptors (Lipinski definition) is 7. The zero-order chi connectivity index (χ0) is 19.3. The van der Waals surface area contributed by atoms with Gasteiger partial charge in [-0.1, -0.05) is 19.0 Å². The fourth-order valence-corrected chi connectivity index (χ4v) is 2.43. The summed E-state index contributed by atoms with van der Waals surface area (Å²) in [4.78, 5) is 18.6. The van der Waals surface area contributed by atoms with Gasteiger partial charge in [-0.2, -0.15) is 10.1 Å². The third-order valence-corrected chi connectivity index (χ3v) is 3.87. The van der Waals surface area contributed by atoms with Gasteiger partial charge in [-0.15, -0.1) is 0 Å². The van der Waals surface area contributed by atoms with E-state index in [-0.39, 0.29) is 18.6 Å². The molecule has 0 aromatic carbocycles. The Morgan fingerprint density at radius 3 is 2.73 bits per heavy atom. The first-order valence-electron chi connectivity index (χ1n) is 8.66. The summed E-state index contributed by atoms with van der Waals surface area (Å²) in [6.45, 7) is 6.88. The molecule has 2 atom stereocenters. The molecule has 144 valence electrons. The first-order chi connectivity index (χ1) is 12.3. The molecule has 1 N–H and O–H groups in total. The van der Waals surface area contributed by atoms with E-state index < -0.39 is 6.04 Å². The fourth-order valence-electron chi connectivity index (χ4n) is 2.43. The first-order valence-corrected chi connectivity index (χ1v) is 8.66. The van der Waals surface area contributed by atoms with Crippen LogP contribution in [-0.2, 0) is 23.1 Å². The highest BCUT2D eigenvalue weighted by Crippen LogP contribution is 2.17. The summed E-state index contributed by atoms with van der Waals surface area (Å²) in [7, 11) is 5.25. The lowest BCUT2D eigenvalue weighted by atomic mass is 10.1. The molecule has 9 nitrogen and oxygen atoms in total. The average Bonchev–Trinajstić information content (AvgIpc) is 3.22. The van der Waals surface area contributed by atoms with Crippen LogP contribution in [-0.4, -0.2) is 51.4 Å². The number of aryl methyl sites for hydroxylation is 1. The Labute approximate surface area is 153 Å². The monoisotopic (exact) mass is 364 g/mol. The molecule has 2 unspecified atom stereocenters. The van der Waals surface area contributed by atoms with Gasteiger partial charge in [-0.05, 0) is 19.9 Å². The van der Waals surface area contributed by atoms with Crippen molar-refractivity contribution in [3.05, 3.63) is 29.7 Å². The molecule has 0 spiro atoms. The Morgan fingerprint density at radius 2 is 2.15 bits per heavy atom. The van der Waals surface area contributed by atoms with Crippen LogP contribution in [0.3, 0.4) is 0 Å². The molecule has 0 aliphatic carbocycles. The van der Waals surface area contributed by atoms with Gasteiger partial charge in [0.15, 0.2) is 5.82 Å². The minimum atomic E-state index is -0.482. The second-order valence-electron chi connectivity index (χ2n) is 6.78.